The van der Waals surface area contributed by atoms with Gasteiger partial charge in [0, 0.05) is 12.1 Å². The highest BCUT2D eigenvalue weighted by Crippen LogP contribution is 2.30. The van der Waals surface area contributed by atoms with Crippen LogP contribution in [0.15, 0.2) is 30.5 Å². The molecule has 1 heterocycles. The molecule has 0 unspecified atom stereocenters. The smallest absolute Gasteiger partial charge is 0.269 e. The van der Waals surface area contributed by atoms with Crippen LogP contribution in [0.25, 0.3) is 0 Å². The molecule has 1 aliphatic rings. The average Bonchev–Trinajstić information content (AvgIpc) is 3.32. The third-order valence-electron chi connectivity index (χ3n) is 5.95. The summed E-state index contributed by atoms with van der Waals surface area (Å²) in [5, 5.41) is 2.14. The third-order valence-corrected chi connectivity index (χ3v) is 6.21. The average molecular weight is 459 g/mol. The normalized spacial score (nSPS) is 14.1. The number of anilines is 2. The van der Waals surface area contributed by atoms with Gasteiger partial charge < -0.3 is 10.6 Å². The van der Waals surface area contributed by atoms with Gasteiger partial charge in [-0.25, -0.2) is 4.98 Å². The number of hydrogen-bond acceptors (Lipinski definition) is 6. The number of unbranched alkanes of at least 4 members (excludes halogenated alkanes) is 3. The van der Waals surface area contributed by atoms with Gasteiger partial charge in [0.05, 0.1) is 12.2 Å². The maximum Gasteiger partial charge on any atom is 0.269 e. The zero-order chi connectivity index (χ0) is 22.9. The van der Waals surface area contributed by atoms with Gasteiger partial charge in [0.15, 0.2) is 5.82 Å². The molecule has 2 aromatic rings. The van der Waals surface area contributed by atoms with Crippen LogP contribution in [0.4, 0.5) is 11.8 Å². The van der Waals surface area contributed by atoms with E-state index in [1.54, 1.807) is 5.01 Å². The van der Waals surface area contributed by atoms with Gasteiger partial charge in [0.25, 0.3) is 5.91 Å². The van der Waals surface area contributed by atoms with Crippen LogP contribution in [-0.4, -0.2) is 40.4 Å². The van der Waals surface area contributed by atoms with Gasteiger partial charge in [-0.3, -0.25) is 15.2 Å². The first-order valence-corrected chi connectivity index (χ1v) is 12.0. The standard InChI is InChI=1S/C24H35ClN6O/c1-3-4-5-8-15-30(2)17-18-11-13-19(14-12-18)23(32)29-31(20-9-6-7-10-20)22-21(25)16-27-24(26)28-22/h11-14,16,20H,3-10,15,17H2,1-2H3,(H,29,32)(H2,26,27,28). The van der Waals surface area contributed by atoms with E-state index in [0.717, 1.165) is 38.8 Å². The van der Waals surface area contributed by atoms with Crippen LogP contribution < -0.4 is 16.2 Å². The molecule has 0 saturated heterocycles. The molecule has 3 rings (SSSR count). The number of nitrogen functional groups attached to an aromatic ring is 1. The first-order valence-electron chi connectivity index (χ1n) is 11.6. The van der Waals surface area contributed by atoms with E-state index in [1.807, 2.05) is 24.3 Å². The molecule has 1 aliphatic carbocycles. The van der Waals surface area contributed by atoms with Crippen LogP contribution in [0.2, 0.25) is 5.02 Å². The summed E-state index contributed by atoms with van der Waals surface area (Å²) in [6.07, 6.45) is 10.7. The van der Waals surface area contributed by atoms with Crippen molar-refractivity contribution in [3.8, 4) is 0 Å². The first-order chi connectivity index (χ1) is 15.5. The van der Waals surface area contributed by atoms with Gasteiger partial charge >= 0.3 is 0 Å². The Balaban J connectivity index is 1.64. The number of carbonyl (C=O) groups excluding carboxylic acids is 1. The minimum absolute atomic E-state index is 0.129. The second-order valence-corrected chi connectivity index (χ2v) is 9.05. The van der Waals surface area contributed by atoms with Crippen molar-refractivity contribution in [3.63, 3.8) is 0 Å². The van der Waals surface area contributed by atoms with Crippen molar-refractivity contribution in [3.05, 3.63) is 46.6 Å². The number of hydrogen-bond donors (Lipinski definition) is 2. The summed E-state index contributed by atoms with van der Waals surface area (Å²) in [5.41, 5.74) is 10.6. The van der Waals surface area contributed by atoms with Gasteiger partial charge in [0.1, 0.15) is 5.02 Å². The van der Waals surface area contributed by atoms with Crippen LogP contribution in [0, 0.1) is 0 Å². The number of rotatable bonds is 11. The SMILES string of the molecule is CCCCCCN(C)Cc1ccc(C(=O)NN(c2nc(N)ncc2Cl)C2CCCC2)cc1. The molecule has 0 radical (unpaired) electrons. The molecule has 1 saturated carbocycles. The maximum atomic E-state index is 13.0. The zero-order valence-corrected chi connectivity index (χ0v) is 19.9. The largest absolute Gasteiger partial charge is 0.368 e. The fourth-order valence-electron chi connectivity index (χ4n) is 4.15. The Kier molecular flexibility index (Phi) is 9.11. The summed E-state index contributed by atoms with van der Waals surface area (Å²) < 4.78 is 0. The Morgan fingerprint density at radius 3 is 2.59 bits per heavy atom. The Labute approximate surface area is 196 Å². The lowest BCUT2D eigenvalue weighted by molar-refractivity contribution is 0.0944. The second kappa shape index (κ2) is 12.0. The van der Waals surface area contributed by atoms with Crippen LogP contribution in [0.3, 0.4) is 0 Å². The van der Waals surface area contributed by atoms with Crippen LogP contribution >= 0.6 is 11.6 Å². The molecule has 7 nitrogen and oxygen atoms in total. The van der Waals surface area contributed by atoms with E-state index < -0.39 is 0 Å². The van der Waals surface area contributed by atoms with Crippen molar-refractivity contribution in [1.82, 2.24) is 20.3 Å². The number of benzene rings is 1. The molecule has 8 heteroatoms. The molecule has 1 aromatic carbocycles. The van der Waals surface area contributed by atoms with Gasteiger partial charge in [0.2, 0.25) is 5.95 Å². The lowest BCUT2D eigenvalue weighted by atomic mass is 10.1. The van der Waals surface area contributed by atoms with Crippen molar-refractivity contribution in [1.29, 1.82) is 0 Å². The molecule has 3 N–H and O–H groups in total. The van der Waals surface area contributed by atoms with Crippen molar-refractivity contribution in [2.75, 3.05) is 24.3 Å². The van der Waals surface area contributed by atoms with E-state index in [9.17, 15) is 4.79 Å². The number of nitrogens with two attached hydrogens (primary N) is 1. The second-order valence-electron chi connectivity index (χ2n) is 8.64. The minimum Gasteiger partial charge on any atom is -0.368 e. The molecule has 1 amide bonds. The van der Waals surface area contributed by atoms with Crippen LogP contribution in [0.5, 0.6) is 0 Å². The number of halogens is 1. The summed E-state index contributed by atoms with van der Waals surface area (Å²) in [5.74, 6) is 0.384. The Morgan fingerprint density at radius 2 is 1.91 bits per heavy atom. The van der Waals surface area contributed by atoms with Gasteiger partial charge in [-0.05, 0) is 50.6 Å². The summed E-state index contributed by atoms with van der Waals surface area (Å²) >= 11 is 6.34. The number of aromatic nitrogens is 2. The van der Waals surface area contributed by atoms with Crippen LogP contribution in [-0.2, 0) is 6.54 Å². The third kappa shape index (κ3) is 6.81. The van der Waals surface area contributed by atoms with E-state index in [0.29, 0.717) is 16.4 Å². The zero-order valence-electron chi connectivity index (χ0n) is 19.2. The highest BCUT2D eigenvalue weighted by molar-refractivity contribution is 6.32. The van der Waals surface area contributed by atoms with E-state index >= 15 is 0 Å². The van der Waals surface area contributed by atoms with Crippen molar-refractivity contribution in [2.24, 2.45) is 0 Å². The summed E-state index contributed by atoms with van der Waals surface area (Å²) in [4.78, 5) is 23.6. The Hall–Kier alpha value is -2.38. The number of hydrazine groups is 1. The predicted molar refractivity (Wildman–Crippen MR) is 131 cm³/mol. The number of amides is 1. The molecule has 0 spiro atoms. The maximum absolute atomic E-state index is 13.0. The van der Waals surface area contributed by atoms with E-state index in [4.69, 9.17) is 17.3 Å². The number of nitrogens with zero attached hydrogens (tertiary/aromatic N) is 4. The van der Waals surface area contributed by atoms with E-state index in [-0.39, 0.29) is 17.9 Å². The predicted octanol–water partition coefficient (Wildman–Crippen LogP) is 4.82. The van der Waals surface area contributed by atoms with Crippen molar-refractivity contribution >= 4 is 29.3 Å². The first kappa shape index (κ1) is 24.3. The summed E-state index contributed by atoms with van der Waals surface area (Å²) in [7, 11) is 2.14. The molecular weight excluding hydrogens is 424 g/mol. The fourth-order valence-corrected chi connectivity index (χ4v) is 4.34. The van der Waals surface area contributed by atoms with Gasteiger partial charge in [-0.1, -0.05) is 62.8 Å². The summed E-state index contributed by atoms with van der Waals surface area (Å²) in [6.45, 7) is 4.19. The quantitative estimate of drug-likeness (QED) is 0.371. The number of nitrogens with one attached hydrogen (secondary N) is 1. The molecule has 1 aromatic heterocycles. The Morgan fingerprint density at radius 1 is 1.19 bits per heavy atom. The molecule has 0 bridgehead atoms. The van der Waals surface area contributed by atoms with Gasteiger partial charge in [-0.2, -0.15) is 4.98 Å². The van der Waals surface area contributed by atoms with Crippen LogP contribution in [0.1, 0.15) is 74.2 Å². The molecule has 1 fully saturated rings. The van der Waals surface area contributed by atoms with Crippen molar-refractivity contribution < 1.29 is 4.79 Å². The Bertz CT molecular complexity index is 869. The highest BCUT2D eigenvalue weighted by atomic mass is 35.5. The number of carbonyl (C=O) groups is 1. The minimum atomic E-state index is -0.190. The van der Waals surface area contributed by atoms with Crippen molar-refractivity contribution in [2.45, 2.75) is 70.9 Å². The van der Waals surface area contributed by atoms with E-state index in [1.165, 1.54) is 37.4 Å². The molecule has 0 atom stereocenters. The van der Waals surface area contributed by atoms with E-state index in [2.05, 4.69) is 34.3 Å². The molecule has 32 heavy (non-hydrogen) atoms. The monoisotopic (exact) mass is 458 g/mol. The molecule has 0 aliphatic heterocycles. The van der Waals surface area contributed by atoms with Gasteiger partial charge in [-0.15, -0.1) is 0 Å². The lowest BCUT2D eigenvalue weighted by Crippen LogP contribution is -2.48. The highest BCUT2D eigenvalue weighted by Gasteiger charge is 2.28. The summed E-state index contributed by atoms with van der Waals surface area (Å²) in [6, 6.07) is 7.92. The molecular formula is C24H35ClN6O. The lowest BCUT2D eigenvalue weighted by Gasteiger charge is -2.30. The molecule has 174 valence electrons. The topological polar surface area (TPSA) is 87.4 Å². The fraction of sp³-hybridized carbons (Fsp3) is 0.542.